The molecular formula is C23H32N2O4. The van der Waals surface area contributed by atoms with Gasteiger partial charge in [-0.2, -0.15) is 0 Å². The Morgan fingerprint density at radius 2 is 1.76 bits per heavy atom. The Kier molecular flexibility index (Phi) is 6.30. The molecular weight excluding hydrogens is 368 g/mol. The second kappa shape index (κ2) is 8.56. The number of imide groups is 1. The van der Waals surface area contributed by atoms with Crippen LogP contribution in [0.25, 0.3) is 0 Å². The minimum atomic E-state index is -0.702. The summed E-state index contributed by atoms with van der Waals surface area (Å²) >= 11 is 0. The molecule has 2 fully saturated rings. The van der Waals surface area contributed by atoms with Crippen LogP contribution >= 0.6 is 0 Å². The third kappa shape index (κ3) is 4.80. The highest BCUT2D eigenvalue weighted by Crippen LogP contribution is 2.34. The second-order valence-electron chi connectivity index (χ2n) is 9.19. The first kappa shape index (κ1) is 21.3. The molecule has 0 N–H and O–H groups in total. The van der Waals surface area contributed by atoms with Crippen molar-refractivity contribution < 1.29 is 19.1 Å². The summed E-state index contributed by atoms with van der Waals surface area (Å²) in [4.78, 5) is 42.2. The minimum Gasteiger partial charge on any atom is -0.494 e. The average Bonchev–Trinajstić information content (AvgIpc) is 3.24. The molecule has 1 saturated heterocycles. The molecule has 1 aliphatic carbocycles. The lowest BCUT2D eigenvalue weighted by Crippen LogP contribution is -2.50. The van der Waals surface area contributed by atoms with Crippen LogP contribution in [0.3, 0.4) is 0 Å². The fourth-order valence-corrected chi connectivity index (χ4v) is 4.32. The molecule has 0 radical (unpaired) electrons. The fraction of sp³-hybridized carbons (Fsp3) is 0.609. The third-order valence-corrected chi connectivity index (χ3v) is 5.55. The van der Waals surface area contributed by atoms with Crippen LogP contribution < -0.4 is 9.64 Å². The van der Waals surface area contributed by atoms with Crippen molar-refractivity contribution >= 4 is 23.4 Å². The molecule has 2 aliphatic rings. The fourth-order valence-electron chi connectivity index (χ4n) is 4.32. The van der Waals surface area contributed by atoms with Gasteiger partial charge < -0.3 is 9.64 Å². The number of nitrogens with zero attached hydrogens (tertiary/aromatic N) is 2. The normalized spacial score (nSPS) is 20.4. The van der Waals surface area contributed by atoms with Crippen LogP contribution in [0.5, 0.6) is 5.75 Å². The average molecular weight is 401 g/mol. The molecule has 6 nitrogen and oxygen atoms in total. The second-order valence-corrected chi connectivity index (χ2v) is 9.19. The molecule has 6 heteroatoms. The maximum atomic E-state index is 13.3. The molecule has 1 atom stereocenters. The van der Waals surface area contributed by atoms with Gasteiger partial charge in [0.05, 0.1) is 18.7 Å². The zero-order chi connectivity index (χ0) is 21.2. The number of ether oxygens (including phenoxy) is 1. The SMILES string of the molecule is CCOc1ccc(N2C(=O)CC(N(C(=O)CC(C)(C)C)C3CCCC3)C2=O)cc1. The predicted molar refractivity (Wildman–Crippen MR) is 112 cm³/mol. The van der Waals surface area contributed by atoms with E-state index in [1.807, 2.05) is 27.7 Å². The summed E-state index contributed by atoms with van der Waals surface area (Å²) in [6, 6.07) is 6.30. The van der Waals surface area contributed by atoms with E-state index >= 15 is 0 Å². The van der Waals surface area contributed by atoms with Gasteiger partial charge in [0.2, 0.25) is 11.8 Å². The molecule has 29 heavy (non-hydrogen) atoms. The number of rotatable bonds is 6. The molecule has 3 amide bonds. The van der Waals surface area contributed by atoms with Crippen LogP contribution in [0.2, 0.25) is 0 Å². The number of amides is 3. The van der Waals surface area contributed by atoms with E-state index in [4.69, 9.17) is 4.74 Å². The maximum absolute atomic E-state index is 13.3. The first-order chi connectivity index (χ1) is 13.7. The molecule has 0 aromatic heterocycles. The van der Waals surface area contributed by atoms with Gasteiger partial charge in [-0.3, -0.25) is 14.4 Å². The molecule has 3 rings (SSSR count). The Morgan fingerprint density at radius 3 is 2.31 bits per heavy atom. The molecule has 1 heterocycles. The molecule has 1 aliphatic heterocycles. The summed E-state index contributed by atoms with van der Waals surface area (Å²) in [6.45, 7) is 8.51. The monoisotopic (exact) mass is 400 g/mol. The first-order valence-electron chi connectivity index (χ1n) is 10.6. The largest absolute Gasteiger partial charge is 0.494 e. The van der Waals surface area contributed by atoms with Gasteiger partial charge in [0.25, 0.3) is 5.91 Å². The van der Waals surface area contributed by atoms with Crippen molar-refractivity contribution in [3.05, 3.63) is 24.3 Å². The van der Waals surface area contributed by atoms with Gasteiger partial charge >= 0.3 is 0 Å². The van der Waals surface area contributed by atoms with Gasteiger partial charge in [0.1, 0.15) is 11.8 Å². The number of carbonyl (C=O) groups excluding carboxylic acids is 3. The Labute approximate surface area is 173 Å². The molecule has 1 aromatic carbocycles. The van der Waals surface area contributed by atoms with Gasteiger partial charge in [0, 0.05) is 12.5 Å². The lowest BCUT2D eigenvalue weighted by Gasteiger charge is -2.35. The van der Waals surface area contributed by atoms with Gasteiger partial charge in [-0.1, -0.05) is 33.6 Å². The van der Waals surface area contributed by atoms with Crippen LogP contribution in [0.4, 0.5) is 5.69 Å². The van der Waals surface area contributed by atoms with E-state index < -0.39 is 6.04 Å². The molecule has 1 aromatic rings. The van der Waals surface area contributed by atoms with E-state index in [0.717, 1.165) is 25.7 Å². The van der Waals surface area contributed by atoms with Crippen molar-refractivity contribution in [3.63, 3.8) is 0 Å². The molecule has 1 saturated carbocycles. The molecule has 0 bridgehead atoms. The van der Waals surface area contributed by atoms with E-state index in [1.165, 1.54) is 4.90 Å². The lowest BCUT2D eigenvalue weighted by atomic mass is 9.90. The highest BCUT2D eigenvalue weighted by atomic mass is 16.5. The van der Waals surface area contributed by atoms with Crippen LogP contribution in [0.1, 0.15) is 66.2 Å². The van der Waals surface area contributed by atoms with E-state index in [-0.39, 0.29) is 35.6 Å². The summed E-state index contributed by atoms with van der Waals surface area (Å²) in [5, 5.41) is 0. The summed E-state index contributed by atoms with van der Waals surface area (Å²) in [5.74, 6) is 0.118. The van der Waals surface area contributed by atoms with Crippen molar-refractivity contribution in [3.8, 4) is 5.75 Å². The number of benzene rings is 1. The topological polar surface area (TPSA) is 66.9 Å². The van der Waals surface area contributed by atoms with Crippen molar-refractivity contribution in [1.82, 2.24) is 4.90 Å². The minimum absolute atomic E-state index is 0.0240. The zero-order valence-corrected chi connectivity index (χ0v) is 17.9. The number of anilines is 1. The van der Waals surface area contributed by atoms with Crippen molar-refractivity contribution in [2.45, 2.75) is 78.3 Å². The van der Waals surface area contributed by atoms with Crippen LogP contribution in [-0.4, -0.2) is 41.3 Å². The maximum Gasteiger partial charge on any atom is 0.257 e. The van der Waals surface area contributed by atoms with Gasteiger partial charge in [-0.05, 0) is 49.4 Å². The Hall–Kier alpha value is -2.37. The Bertz CT molecular complexity index is 760. The molecule has 158 valence electrons. The number of hydrogen-bond donors (Lipinski definition) is 0. The van der Waals surface area contributed by atoms with Crippen LogP contribution in [0.15, 0.2) is 24.3 Å². The van der Waals surface area contributed by atoms with E-state index in [9.17, 15) is 14.4 Å². The Balaban J connectivity index is 1.84. The van der Waals surface area contributed by atoms with E-state index in [2.05, 4.69) is 0 Å². The first-order valence-corrected chi connectivity index (χ1v) is 10.6. The summed E-state index contributed by atoms with van der Waals surface area (Å²) in [5.41, 5.74) is 0.356. The standard InChI is InChI=1S/C23H32N2O4/c1-5-29-18-12-10-17(11-13-18)25-20(26)14-19(22(25)28)24(16-8-6-7-9-16)21(27)15-23(2,3)4/h10-13,16,19H,5-9,14-15H2,1-4H3. The van der Waals surface area contributed by atoms with Crippen LogP contribution in [-0.2, 0) is 14.4 Å². The van der Waals surface area contributed by atoms with Crippen LogP contribution in [0, 0.1) is 5.41 Å². The molecule has 1 unspecified atom stereocenters. The Morgan fingerprint density at radius 1 is 1.14 bits per heavy atom. The van der Waals surface area contributed by atoms with E-state index in [1.54, 1.807) is 29.2 Å². The van der Waals surface area contributed by atoms with E-state index in [0.29, 0.717) is 24.5 Å². The van der Waals surface area contributed by atoms with Crippen molar-refractivity contribution in [2.24, 2.45) is 5.41 Å². The molecule has 0 spiro atoms. The summed E-state index contributed by atoms with van der Waals surface area (Å²) in [6.07, 6.45) is 4.33. The van der Waals surface area contributed by atoms with Crippen molar-refractivity contribution in [2.75, 3.05) is 11.5 Å². The zero-order valence-electron chi connectivity index (χ0n) is 17.9. The number of carbonyl (C=O) groups is 3. The predicted octanol–water partition coefficient (Wildman–Crippen LogP) is 3.92. The highest BCUT2D eigenvalue weighted by Gasteiger charge is 2.47. The quantitative estimate of drug-likeness (QED) is 0.679. The van der Waals surface area contributed by atoms with Gasteiger partial charge in [-0.25, -0.2) is 4.90 Å². The number of hydrogen-bond acceptors (Lipinski definition) is 4. The van der Waals surface area contributed by atoms with Crippen molar-refractivity contribution in [1.29, 1.82) is 0 Å². The van der Waals surface area contributed by atoms with Gasteiger partial charge in [-0.15, -0.1) is 0 Å². The summed E-state index contributed by atoms with van der Waals surface area (Å²) < 4.78 is 5.44. The summed E-state index contributed by atoms with van der Waals surface area (Å²) in [7, 11) is 0. The highest BCUT2D eigenvalue weighted by molar-refractivity contribution is 6.23. The van der Waals surface area contributed by atoms with Gasteiger partial charge in [0.15, 0.2) is 0 Å². The lowest BCUT2D eigenvalue weighted by molar-refractivity contribution is -0.142. The smallest absolute Gasteiger partial charge is 0.257 e. The third-order valence-electron chi connectivity index (χ3n) is 5.55.